The van der Waals surface area contributed by atoms with E-state index in [1.165, 1.54) is 0 Å². The number of fused-ring (bicyclic) bond motifs is 1. The van der Waals surface area contributed by atoms with Gasteiger partial charge >= 0.3 is 0 Å². The second-order valence-corrected chi connectivity index (χ2v) is 8.99. The first-order valence-corrected chi connectivity index (χ1v) is 13.4. The molecule has 0 radical (unpaired) electrons. The largest absolute Gasteiger partial charge is 0.324 e. The number of likely N-dealkylation sites (N-methyl/N-ethyl adjacent to an activating group) is 1. The number of nitrogens with one attached hydrogen (secondary N) is 1. The molecule has 1 amide bonds. The van der Waals surface area contributed by atoms with Crippen LogP contribution in [0.2, 0.25) is 5.02 Å². The number of anilines is 1. The summed E-state index contributed by atoms with van der Waals surface area (Å²) in [6.45, 7) is 8.00. The highest BCUT2D eigenvalue weighted by atomic mass is 35.5. The van der Waals surface area contributed by atoms with E-state index in [2.05, 4.69) is 26.6 Å². The summed E-state index contributed by atoms with van der Waals surface area (Å²) < 4.78 is 3.58. The Hall–Kier alpha value is -4.01. The minimum atomic E-state index is -0.444. The van der Waals surface area contributed by atoms with E-state index in [0.29, 0.717) is 10.7 Å². The monoisotopic (exact) mass is 545 g/mol. The zero-order chi connectivity index (χ0) is 28.5. The summed E-state index contributed by atoms with van der Waals surface area (Å²) in [5.41, 5.74) is 6.22. The van der Waals surface area contributed by atoms with Crippen LogP contribution in [0.15, 0.2) is 79.5 Å². The van der Waals surface area contributed by atoms with Gasteiger partial charge in [-0.05, 0) is 50.0 Å². The van der Waals surface area contributed by atoms with Crippen molar-refractivity contribution in [1.29, 1.82) is 0 Å². The SMILES string of the molecule is CC.CC.CN(C)C(C(=O)Nc1ccc(-c2ncnn3cc(-c4cnn(C)c4)cc23)cc1)c1ccc(Cl)cc1. The van der Waals surface area contributed by atoms with Gasteiger partial charge in [-0.1, -0.05) is 63.6 Å². The fourth-order valence-corrected chi connectivity index (χ4v) is 4.26. The van der Waals surface area contributed by atoms with Crippen molar-refractivity contribution in [2.75, 3.05) is 19.4 Å². The van der Waals surface area contributed by atoms with Crippen molar-refractivity contribution in [2.45, 2.75) is 33.7 Å². The van der Waals surface area contributed by atoms with Gasteiger partial charge in [0.1, 0.15) is 12.4 Å². The number of hydrogen-bond acceptors (Lipinski definition) is 5. The van der Waals surface area contributed by atoms with Gasteiger partial charge in [-0.2, -0.15) is 10.2 Å². The van der Waals surface area contributed by atoms with Gasteiger partial charge in [0.2, 0.25) is 5.91 Å². The lowest BCUT2D eigenvalue weighted by Crippen LogP contribution is -2.32. The summed E-state index contributed by atoms with van der Waals surface area (Å²) in [5, 5.41) is 12.3. The molecule has 0 fully saturated rings. The van der Waals surface area contributed by atoms with E-state index in [4.69, 9.17) is 11.6 Å². The van der Waals surface area contributed by atoms with Gasteiger partial charge in [0.15, 0.2) is 0 Å². The van der Waals surface area contributed by atoms with Gasteiger partial charge in [0.05, 0.1) is 17.4 Å². The molecule has 3 heterocycles. The third-order valence-corrected chi connectivity index (χ3v) is 6.07. The maximum atomic E-state index is 13.1. The first-order chi connectivity index (χ1) is 18.9. The average Bonchev–Trinajstić information content (AvgIpc) is 3.59. The molecule has 9 heteroatoms. The van der Waals surface area contributed by atoms with Crippen LogP contribution in [0.1, 0.15) is 39.3 Å². The van der Waals surface area contributed by atoms with E-state index >= 15 is 0 Å². The average molecular weight is 546 g/mol. The second-order valence-electron chi connectivity index (χ2n) is 8.55. The Morgan fingerprint density at radius 3 is 2.15 bits per heavy atom. The van der Waals surface area contributed by atoms with Crippen molar-refractivity contribution < 1.29 is 4.79 Å². The third kappa shape index (κ3) is 6.90. The lowest BCUT2D eigenvalue weighted by molar-refractivity contribution is -0.120. The zero-order valence-corrected chi connectivity index (χ0v) is 24.3. The predicted molar refractivity (Wildman–Crippen MR) is 160 cm³/mol. The molecule has 1 unspecified atom stereocenters. The molecule has 204 valence electrons. The molecule has 5 aromatic rings. The maximum absolute atomic E-state index is 13.1. The molecule has 0 bridgehead atoms. The minimum Gasteiger partial charge on any atom is -0.324 e. The van der Waals surface area contributed by atoms with Gasteiger partial charge in [0, 0.05) is 46.8 Å². The van der Waals surface area contributed by atoms with E-state index < -0.39 is 6.04 Å². The molecular formula is C30H36ClN7O. The number of aromatic nitrogens is 5. The zero-order valence-electron chi connectivity index (χ0n) is 23.6. The van der Waals surface area contributed by atoms with Crippen molar-refractivity contribution >= 4 is 28.7 Å². The van der Waals surface area contributed by atoms with E-state index in [9.17, 15) is 4.79 Å². The Balaban J connectivity index is 0.00000100. The number of carbonyl (C=O) groups excluding carboxylic acids is 1. The maximum Gasteiger partial charge on any atom is 0.246 e. The first-order valence-electron chi connectivity index (χ1n) is 13.0. The quantitative estimate of drug-likeness (QED) is 0.255. The van der Waals surface area contributed by atoms with Gasteiger partial charge in [-0.3, -0.25) is 14.4 Å². The van der Waals surface area contributed by atoms with Gasteiger partial charge in [0.25, 0.3) is 0 Å². The van der Waals surface area contributed by atoms with E-state index in [0.717, 1.165) is 33.5 Å². The number of aryl methyl sites for hydroxylation is 1. The van der Waals surface area contributed by atoms with Crippen LogP contribution >= 0.6 is 11.6 Å². The number of benzene rings is 2. The predicted octanol–water partition coefficient (Wildman–Crippen LogP) is 6.74. The number of halogens is 1. The Bertz CT molecular complexity index is 1490. The number of amides is 1. The molecule has 0 saturated carbocycles. The Kier molecular flexibility index (Phi) is 10.4. The first kappa shape index (κ1) is 29.5. The van der Waals surface area contributed by atoms with Crippen molar-refractivity contribution in [2.24, 2.45) is 7.05 Å². The van der Waals surface area contributed by atoms with Crippen LogP contribution in [0, 0.1) is 0 Å². The van der Waals surface area contributed by atoms with Gasteiger partial charge in [-0.25, -0.2) is 9.50 Å². The molecule has 1 N–H and O–H groups in total. The van der Waals surface area contributed by atoms with E-state index in [1.54, 1.807) is 23.1 Å². The van der Waals surface area contributed by atoms with Crippen LogP contribution in [-0.4, -0.2) is 49.3 Å². The van der Waals surface area contributed by atoms with Crippen molar-refractivity contribution in [3.8, 4) is 22.4 Å². The summed E-state index contributed by atoms with van der Waals surface area (Å²) >= 11 is 6.01. The molecule has 0 aliphatic rings. The molecule has 1 atom stereocenters. The fraction of sp³-hybridized carbons (Fsp3) is 0.267. The number of carbonyl (C=O) groups is 1. The van der Waals surface area contributed by atoms with Crippen LogP contribution in [0.5, 0.6) is 0 Å². The van der Waals surface area contributed by atoms with E-state index in [1.807, 2.05) is 113 Å². The normalized spacial score (nSPS) is 11.3. The van der Waals surface area contributed by atoms with Gasteiger partial charge < -0.3 is 5.32 Å². The summed E-state index contributed by atoms with van der Waals surface area (Å²) in [6, 6.07) is 16.6. The second kappa shape index (κ2) is 13.7. The lowest BCUT2D eigenvalue weighted by Gasteiger charge is -2.24. The van der Waals surface area contributed by atoms with Crippen LogP contribution in [-0.2, 0) is 11.8 Å². The molecule has 0 aliphatic carbocycles. The standard InChI is InChI=1S/C26H24ClN7O.2C2H6/c1-32(2)25(18-4-8-21(27)9-5-18)26(35)31-22-10-6-17(7-11-22)24-23-12-19(15-34(23)30-16-28-24)20-13-29-33(3)14-20;2*1-2/h4-16,25H,1-3H3,(H,31,35);2*1-2H3. The molecular weight excluding hydrogens is 510 g/mol. The van der Waals surface area contributed by atoms with Crippen LogP contribution < -0.4 is 5.32 Å². The molecule has 0 saturated heterocycles. The summed E-state index contributed by atoms with van der Waals surface area (Å²) in [4.78, 5) is 19.5. The molecule has 0 spiro atoms. The molecule has 0 aliphatic heterocycles. The number of rotatable bonds is 6. The number of hydrogen-bond donors (Lipinski definition) is 1. The summed E-state index contributed by atoms with van der Waals surface area (Å²) in [6.07, 6.45) is 7.29. The highest BCUT2D eigenvalue weighted by molar-refractivity contribution is 6.30. The van der Waals surface area contributed by atoms with Gasteiger partial charge in [-0.15, -0.1) is 0 Å². The van der Waals surface area contributed by atoms with E-state index in [-0.39, 0.29) is 5.91 Å². The van der Waals surface area contributed by atoms with Crippen molar-refractivity contribution in [1.82, 2.24) is 29.3 Å². The highest BCUT2D eigenvalue weighted by Crippen LogP contribution is 2.29. The molecule has 39 heavy (non-hydrogen) atoms. The fourth-order valence-electron chi connectivity index (χ4n) is 4.13. The van der Waals surface area contributed by atoms with Crippen LogP contribution in [0.25, 0.3) is 27.9 Å². The lowest BCUT2D eigenvalue weighted by atomic mass is 10.0. The molecule has 3 aromatic heterocycles. The summed E-state index contributed by atoms with van der Waals surface area (Å²) in [7, 11) is 5.64. The molecule has 8 nitrogen and oxygen atoms in total. The highest BCUT2D eigenvalue weighted by Gasteiger charge is 2.23. The summed E-state index contributed by atoms with van der Waals surface area (Å²) in [5.74, 6) is -0.123. The third-order valence-electron chi connectivity index (χ3n) is 5.82. The van der Waals surface area contributed by atoms with Crippen LogP contribution in [0.4, 0.5) is 5.69 Å². The molecule has 5 rings (SSSR count). The molecule has 2 aromatic carbocycles. The Morgan fingerprint density at radius 2 is 1.56 bits per heavy atom. The Labute approximate surface area is 235 Å². The van der Waals surface area contributed by atoms with Crippen molar-refractivity contribution in [3.63, 3.8) is 0 Å². The minimum absolute atomic E-state index is 0.123. The number of nitrogens with zero attached hydrogens (tertiary/aromatic N) is 6. The smallest absolute Gasteiger partial charge is 0.246 e. The Morgan fingerprint density at radius 1 is 0.897 bits per heavy atom. The van der Waals surface area contributed by atoms with Crippen molar-refractivity contribution in [3.05, 3.63) is 90.1 Å². The van der Waals surface area contributed by atoms with Crippen LogP contribution in [0.3, 0.4) is 0 Å². The topological polar surface area (TPSA) is 80.3 Å².